The Morgan fingerprint density at radius 2 is 1.45 bits per heavy atom. The molecule has 0 radical (unpaired) electrons. The van der Waals surface area contributed by atoms with Gasteiger partial charge in [-0.15, -0.1) is 0 Å². The van der Waals surface area contributed by atoms with E-state index < -0.39 is 53.8 Å². The number of nitrogens with one attached hydrogen (secondary N) is 3. The van der Waals surface area contributed by atoms with E-state index in [1.807, 2.05) is 0 Å². The van der Waals surface area contributed by atoms with E-state index in [-0.39, 0.29) is 36.9 Å². The molecule has 11 nitrogen and oxygen atoms in total. The fourth-order valence-corrected chi connectivity index (χ4v) is 2.83. The van der Waals surface area contributed by atoms with Gasteiger partial charge in [0, 0.05) is 12.2 Å². The van der Waals surface area contributed by atoms with E-state index in [0.717, 1.165) is 0 Å². The Kier molecular flexibility index (Phi) is 12.8. The van der Waals surface area contributed by atoms with Crippen molar-refractivity contribution in [2.75, 3.05) is 5.75 Å². The van der Waals surface area contributed by atoms with E-state index in [0.29, 0.717) is 0 Å². The summed E-state index contributed by atoms with van der Waals surface area (Å²) >= 11 is 3.95. The van der Waals surface area contributed by atoms with Gasteiger partial charge in [0.1, 0.15) is 18.1 Å². The summed E-state index contributed by atoms with van der Waals surface area (Å²) in [5.41, 5.74) is 10.8. The Morgan fingerprint density at radius 3 is 1.87 bits per heavy atom. The van der Waals surface area contributed by atoms with Crippen LogP contribution < -0.4 is 27.4 Å². The van der Waals surface area contributed by atoms with Crippen LogP contribution >= 0.6 is 12.6 Å². The summed E-state index contributed by atoms with van der Waals surface area (Å²) in [6.07, 6.45) is -0.150. The van der Waals surface area contributed by atoms with Crippen LogP contribution in [-0.2, 0) is 24.0 Å². The Hall–Kier alpha value is -2.34. The van der Waals surface area contributed by atoms with E-state index in [1.165, 1.54) is 0 Å². The lowest BCUT2D eigenvalue weighted by molar-refractivity contribution is -0.143. The van der Waals surface area contributed by atoms with Gasteiger partial charge in [0.25, 0.3) is 0 Å². The highest BCUT2D eigenvalue weighted by atomic mass is 32.1. The lowest BCUT2D eigenvalue weighted by Crippen LogP contribution is -2.58. The van der Waals surface area contributed by atoms with Crippen LogP contribution in [0.3, 0.4) is 0 Å². The fourth-order valence-electron chi connectivity index (χ4n) is 2.66. The molecule has 4 amide bonds. The van der Waals surface area contributed by atoms with Gasteiger partial charge in [0.2, 0.25) is 23.6 Å². The lowest BCUT2D eigenvalue weighted by Gasteiger charge is -2.27. The highest BCUT2D eigenvalue weighted by Crippen LogP contribution is 2.08. The third kappa shape index (κ3) is 11.0. The maximum atomic E-state index is 12.8. The Labute approximate surface area is 187 Å². The SMILES string of the molecule is CC(C)CC(NC(=O)C(CCC(N)=O)NC(=O)C(NC(=O)C(N)CS)C(C)C)C(=O)O. The van der Waals surface area contributed by atoms with E-state index in [1.54, 1.807) is 27.7 Å². The third-order valence-electron chi connectivity index (χ3n) is 4.41. The van der Waals surface area contributed by atoms with E-state index in [4.69, 9.17) is 11.5 Å². The predicted octanol–water partition coefficient (Wildman–Crippen LogP) is -1.25. The van der Waals surface area contributed by atoms with Crippen LogP contribution in [0.15, 0.2) is 0 Å². The molecule has 0 bridgehead atoms. The molecule has 12 heteroatoms. The number of primary amides is 1. The van der Waals surface area contributed by atoms with Gasteiger partial charge < -0.3 is 32.5 Å². The van der Waals surface area contributed by atoms with Crippen molar-refractivity contribution in [3.63, 3.8) is 0 Å². The number of amides is 4. The number of carboxylic acids is 1. The monoisotopic (exact) mass is 461 g/mol. The molecule has 0 aliphatic carbocycles. The van der Waals surface area contributed by atoms with Crippen molar-refractivity contribution >= 4 is 42.2 Å². The van der Waals surface area contributed by atoms with E-state index in [9.17, 15) is 29.1 Å². The van der Waals surface area contributed by atoms with Gasteiger partial charge in [0.05, 0.1) is 6.04 Å². The number of carbonyl (C=O) groups excluding carboxylic acids is 4. The molecule has 0 spiro atoms. The van der Waals surface area contributed by atoms with Crippen LogP contribution in [0.4, 0.5) is 0 Å². The van der Waals surface area contributed by atoms with Crippen LogP contribution in [0.25, 0.3) is 0 Å². The second-order valence-electron chi connectivity index (χ2n) is 8.11. The molecule has 8 N–H and O–H groups in total. The van der Waals surface area contributed by atoms with Crippen LogP contribution in [0.2, 0.25) is 0 Å². The van der Waals surface area contributed by atoms with Gasteiger partial charge in [-0.2, -0.15) is 12.6 Å². The second-order valence-corrected chi connectivity index (χ2v) is 8.48. The van der Waals surface area contributed by atoms with Crippen molar-refractivity contribution < 1.29 is 29.1 Å². The number of thiol groups is 1. The summed E-state index contributed by atoms with van der Waals surface area (Å²) in [5.74, 6) is -4.18. The smallest absolute Gasteiger partial charge is 0.326 e. The zero-order valence-corrected chi connectivity index (χ0v) is 19.3. The fraction of sp³-hybridized carbons (Fsp3) is 0.737. The van der Waals surface area contributed by atoms with Gasteiger partial charge in [-0.05, 0) is 24.7 Å². The summed E-state index contributed by atoms with van der Waals surface area (Å²) in [4.78, 5) is 60.2. The molecule has 0 saturated carbocycles. The molecule has 4 unspecified atom stereocenters. The number of carbonyl (C=O) groups is 5. The minimum atomic E-state index is -1.22. The maximum absolute atomic E-state index is 12.8. The molecule has 31 heavy (non-hydrogen) atoms. The summed E-state index contributed by atoms with van der Waals surface area (Å²) in [6, 6.07) is -4.30. The van der Waals surface area contributed by atoms with Gasteiger partial charge >= 0.3 is 5.97 Å². The zero-order valence-electron chi connectivity index (χ0n) is 18.4. The first-order valence-corrected chi connectivity index (χ1v) is 10.7. The highest BCUT2D eigenvalue weighted by Gasteiger charge is 2.31. The molecule has 0 aliphatic rings. The number of hydrogen-bond acceptors (Lipinski definition) is 7. The van der Waals surface area contributed by atoms with Crippen LogP contribution in [-0.4, -0.2) is 64.6 Å². The van der Waals surface area contributed by atoms with Gasteiger partial charge in [-0.1, -0.05) is 27.7 Å². The molecule has 4 atom stereocenters. The van der Waals surface area contributed by atoms with Crippen molar-refractivity contribution in [3.05, 3.63) is 0 Å². The maximum Gasteiger partial charge on any atom is 0.326 e. The third-order valence-corrected chi connectivity index (χ3v) is 4.81. The van der Waals surface area contributed by atoms with Crippen molar-refractivity contribution in [1.82, 2.24) is 16.0 Å². The molecule has 0 aromatic heterocycles. The van der Waals surface area contributed by atoms with E-state index >= 15 is 0 Å². The van der Waals surface area contributed by atoms with Crippen molar-refractivity contribution in [2.24, 2.45) is 23.3 Å². The predicted molar refractivity (Wildman–Crippen MR) is 118 cm³/mol. The lowest BCUT2D eigenvalue weighted by atomic mass is 10.0. The standard InChI is InChI=1S/C19H35N5O6S/c1-9(2)7-13(19(29)30)23-17(27)12(5-6-14(21)25)22-18(28)15(10(3)4)24-16(26)11(20)8-31/h9-13,15,31H,5-8,20H2,1-4H3,(H2,21,25)(H,22,28)(H,23,27)(H,24,26)(H,29,30). The Balaban J connectivity index is 5.47. The average Bonchev–Trinajstić information content (AvgIpc) is 2.66. The van der Waals surface area contributed by atoms with Gasteiger partial charge in [-0.25, -0.2) is 4.79 Å². The number of hydrogen-bond donors (Lipinski definition) is 7. The largest absolute Gasteiger partial charge is 0.480 e. The molecule has 0 aliphatic heterocycles. The molecule has 0 saturated heterocycles. The highest BCUT2D eigenvalue weighted by molar-refractivity contribution is 7.80. The average molecular weight is 462 g/mol. The number of rotatable bonds is 14. The summed E-state index contributed by atoms with van der Waals surface area (Å²) < 4.78 is 0. The molecular formula is C19H35N5O6S. The molecule has 0 heterocycles. The quantitative estimate of drug-likeness (QED) is 0.157. The summed E-state index contributed by atoms with van der Waals surface area (Å²) in [7, 11) is 0. The van der Waals surface area contributed by atoms with Crippen molar-refractivity contribution in [1.29, 1.82) is 0 Å². The van der Waals surface area contributed by atoms with Crippen LogP contribution in [0, 0.1) is 11.8 Å². The van der Waals surface area contributed by atoms with Crippen molar-refractivity contribution in [2.45, 2.75) is 71.1 Å². The number of aliphatic carboxylic acids is 1. The first-order chi connectivity index (χ1) is 14.3. The first kappa shape index (κ1) is 28.7. The zero-order chi connectivity index (χ0) is 24.3. The number of carboxylic acid groups (broad SMARTS) is 1. The molecule has 0 aromatic rings. The summed E-state index contributed by atoms with van der Waals surface area (Å²) in [6.45, 7) is 7.00. The molecule has 0 fully saturated rings. The molecule has 0 rings (SSSR count). The van der Waals surface area contributed by atoms with E-state index in [2.05, 4.69) is 28.6 Å². The van der Waals surface area contributed by atoms with Gasteiger partial charge in [-0.3, -0.25) is 19.2 Å². The Bertz CT molecular complexity index is 658. The number of nitrogens with two attached hydrogens (primary N) is 2. The molecular weight excluding hydrogens is 426 g/mol. The molecule has 0 aromatic carbocycles. The topological polar surface area (TPSA) is 194 Å². The second kappa shape index (κ2) is 13.9. The first-order valence-electron chi connectivity index (χ1n) is 10.1. The summed E-state index contributed by atoms with van der Waals surface area (Å²) in [5, 5.41) is 16.7. The normalized spacial score (nSPS) is 15.0. The van der Waals surface area contributed by atoms with Crippen LogP contribution in [0.5, 0.6) is 0 Å². The van der Waals surface area contributed by atoms with Crippen LogP contribution in [0.1, 0.15) is 47.0 Å². The minimum Gasteiger partial charge on any atom is -0.480 e. The van der Waals surface area contributed by atoms with Gasteiger partial charge in [0.15, 0.2) is 0 Å². The molecule has 178 valence electrons. The Morgan fingerprint density at radius 1 is 0.903 bits per heavy atom. The minimum absolute atomic E-state index is 0.00312. The van der Waals surface area contributed by atoms with Crippen molar-refractivity contribution in [3.8, 4) is 0 Å².